The first kappa shape index (κ1) is 18.8. The highest BCUT2D eigenvalue weighted by Crippen LogP contribution is 2.20. The second-order valence-electron chi connectivity index (χ2n) is 6.79. The molecule has 0 aliphatic heterocycles. The monoisotopic (exact) mass is 363 g/mol. The minimum Gasteiger partial charge on any atom is -0.464 e. The summed E-state index contributed by atoms with van der Waals surface area (Å²) in [6, 6.07) is 13.4. The van der Waals surface area contributed by atoms with Crippen molar-refractivity contribution in [3.8, 4) is 11.3 Å². The third-order valence-corrected chi connectivity index (χ3v) is 4.36. The van der Waals surface area contributed by atoms with Crippen molar-refractivity contribution < 1.29 is 9.21 Å². The molecule has 0 saturated carbocycles. The van der Waals surface area contributed by atoms with E-state index in [0.29, 0.717) is 12.1 Å². The standard InChI is InChI=1S/C22H25N3O2/c1-5-6-19-13-21(24-16(3)23-19)17-8-10-18(11-9-17)22(26)25(4)14-20-12-7-15(2)27-20/h7-13H,5-6,14H2,1-4H3. The Morgan fingerprint density at radius 3 is 2.44 bits per heavy atom. The largest absolute Gasteiger partial charge is 0.464 e. The van der Waals surface area contributed by atoms with Crippen LogP contribution in [0, 0.1) is 13.8 Å². The van der Waals surface area contributed by atoms with Crippen molar-refractivity contribution >= 4 is 5.91 Å². The molecule has 0 saturated heterocycles. The number of furan rings is 1. The van der Waals surface area contributed by atoms with E-state index >= 15 is 0 Å². The maximum Gasteiger partial charge on any atom is 0.254 e. The highest BCUT2D eigenvalue weighted by molar-refractivity contribution is 5.94. The lowest BCUT2D eigenvalue weighted by Gasteiger charge is -2.16. The molecule has 3 aromatic rings. The molecule has 0 unspecified atom stereocenters. The minimum absolute atomic E-state index is 0.0406. The molecule has 3 rings (SSSR count). The summed E-state index contributed by atoms with van der Waals surface area (Å²) in [5.74, 6) is 2.35. The lowest BCUT2D eigenvalue weighted by Crippen LogP contribution is -2.25. The van der Waals surface area contributed by atoms with Gasteiger partial charge in [0.1, 0.15) is 17.3 Å². The van der Waals surface area contributed by atoms with Crippen molar-refractivity contribution in [3.05, 3.63) is 71.1 Å². The molecule has 0 atom stereocenters. The number of aromatic nitrogens is 2. The second-order valence-corrected chi connectivity index (χ2v) is 6.79. The van der Waals surface area contributed by atoms with Crippen LogP contribution >= 0.6 is 0 Å². The normalized spacial score (nSPS) is 10.8. The Kier molecular flexibility index (Phi) is 5.69. The zero-order chi connectivity index (χ0) is 19.4. The quantitative estimate of drug-likeness (QED) is 0.643. The SMILES string of the molecule is CCCc1cc(-c2ccc(C(=O)N(C)Cc3ccc(C)o3)cc2)nc(C)n1. The topological polar surface area (TPSA) is 59.2 Å². The highest BCUT2D eigenvalue weighted by atomic mass is 16.3. The van der Waals surface area contributed by atoms with Crippen LogP contribution in [0.15, 0.2) is 46.9 Å². The van der Waals surface area contributed by atoms with Crippen LogP contribution in [-0.2, 0) is 13.0 Å². The number of amides is 1. The predicted molar refractivity (Wildman–Crippen MR) is 105 cm³/mol. The molecule has 0 bridgehead atoms. The van der Waals surface area contributed by atoms with E-state index in [1.54, 1.807) is 11.9 Å². The van der Waals surface area contributed by atoms with Crippen LogP contribution in [-0.4, -0.2) is 27.8 Å². The Balaban J connectivity index is 1.75. The van der Waals surface area contributed by atoms with Crippen molar-refractivity contribution in [3.63, 3.8) is 0 Å². The predicted octanol–water partition coefficient (Wildman–Crippen LogP) is 4.58. The molecule has 5 nitrogen and oxygen atoms in total. The second kappa shape index (κ2) is 8.16. The summed E-state index contributed by atoms with van der Waals surface area (Å²) in [6.45, 7) is 6.38. The molecule has 0 aliphatic rings. The van der Waals surface area contributed by atoms with Crippen LogP contribution < -0.4 is 0 Å². The third-order valence-electron chi connectivity index (χ3n) is 4.36. The molecule has 27 heavy (non-hydrogen) atoms. The number of rotatable bonds is 6. The van der Waals surface area contributed by atoms with Gasteiger partial charge in [-0.2, -0.15) is 0 Å². The van der Waals surface area contributed by atoms with Crippen LogP contribution in [0.3, 0.4) is 0 Å². The zero-order valence-corrected chi connectivity index (χ0v) is 16.3. The van der Waals surface area contributed by atoms with Gasteiger partial charge in [-0.3, -0.25) is 4.79 Å². The van der Waals surface area contributed by atoms with Gasteiger partial charge in [0.15, 0.2) is 0 Å². The van der Waals surface area contributed by atoms with E-state index in [4.69, 9.17) is 4.42 Å². The highest BCUT2D eigenvalue weighted by Gasteiger charge is 2.14. The van der Waals surface area contributed by atoms with Gasteiger partial charge >= 0.3 is 0 Å². The average molecular weight is 363 g/mol. The van der Waals surface area contributed by atoms with Crippen molar-refractivity contribution in [2.24, 2.45) is 0 Å². The van der Waals surface area contributed by atoms with Crippen molar-refractivity contribution in [2.75, 3.05) is 7.05 Å². The molecule has 0 radical (unpaired) electrons. The third kappa shape index (κ3) is 4.61. The van der Waals surface area contributed by atoms with Gasteiger partial charge in [0.2, 0.25) is 0 Å². The van der Waals surface area contributed by atoms with E-state index in [-0.39, 0.29) is 5.91 Å². The summed E-state index contributed by atoms with van der Waals surface area (Å²) in [5, 5.41) is 0. The number of carbonyl (C=O) groups excluding carboxylic acids is 1. The van der Waals surface area contributed by atoms with Crippen LogP contribution in [0.4, 0.5) is 0 Å². The molecule has 1 amide bonds. The summed E-state index contributed by atoms with van der Waals surface area (Å²) in [7, 11) is 1.78. The van der Waals surface area contributed by atoms with Gasteiger partial charge in [-0.05, 0) is 50.6 Å². The zero-order valence-electron chi connectivity index (χ0n) is 16.3. The molecule has 0 N–H and O–H groups in total. The number of carbonyl (C=O) groups is 1. The van der Waals surface area contributed by atoms with Crippen molar-refractivity contribution in [2.45, 2.75) is 40.2 Å². The van der Waals surface area contributed by atoms with Crippen LogP contribution in [0.25, 0.3) is 11.3 Å². The Labute approximate surface area is 160 Å². The van der Waals surface area contributed by atoms with Gasteiger partial charge < -0.3 is 9.32 Å². The fraction of sp³-hybridized carbons (Fsp3) is 0.318. The van der Waals surface area contributed by atoms with Crippen LogP contribution in [0.1, 0.15) is 46.7 Å². The van der Waals surface area contributed by atoms with Gasteiger partial charge in [0.05, 0.1) is 12.2 Å². The molecule has 0 spiro atoms. The Hall–Kier alpha value is -2.95. The first-order valence-electron chi connectivity index (χ1n) is 9.22. The fourth-order valence-electron chi connectivity index (χ4n) is 3.04. The lowest BCUT2D eigenvalue weighted by atomic mass is 10.1. The molecule has 0 fully saturated rings. The van der Waals surface area contributed by atoms with Gasteiger partial charge in [-0.25, -0.2) is 9.97 Å². The number of nitrogens with zero attached hydrogens (tertiary/aromatic N) is 3. The molecule has 1 aromatic carbocycles. The summed E-state index contributed by atoms with van der Waals surface area (Å²) in [4.78, 5) is 23.3. The number of hydrogen-bond donors (Lipinski definition) is 0. The molecule has 2 aromatic heterocycles. The van der Waals surface area contributed by atoms with E-state index < -0.39 is 0 Å². The van der Waals surface area contributed by atoms with Gasteiger partial charge in [0.25, 0.3) is 5.91 Å². The maximum atomic E-state index is 12.7. The summed E-state index contributed by atoms with van der Waals surface area (Å²) < 4.78 is 5.55. The summed E-state index contributed by atoms with van der Waals surface area (Å²) in [6.07, 6.45) is 1.98. The summed E-state index contributed by atoms with van der Waals surface area (Å²) >= 11 is 0. The number of benzene rings is 1. The molecule has 5 heteroatoms. The van der Waals surface area contributed by atoms with Crippen molar-refractivity contribution in [1.29, 1.82) is 0 Å². The minimum atomic E-state index is -0.0406. The van der Waals surface area contributed by atoms with Crippen molar-refractivity contribution in [1.82, 2.24) is 14.9 Å². The first-order chi connectivity index (χ1) is 13.0. The number of aryl methyl sites for hydroxylation is 3. The van der Waals surface area contributed by atoms with E-state index in [0.717, 1.165) is 47.1 Å². The van der Waals surface area contributed by atoms with E-state index in [2.05, 4.69) is 16.9 Å². The molecular formula is C22H25N3O2. The Bertz CT molecular complexity index is 929. The van der Waals surface area contributed by atoms with E-state index in [9.17, 15) is 4.79 Å². The van der Waals surface area contributed by atoms with Gasteiger partial charge in [-0.1, -0.05) is 25.5 Å². The molecule has 140 valence electrons. The van der Waals surface area contributed by atoms with Crippen LogP contribution in [0.2, 0.25) is 0 Å². The molecule has 2 heterocycles. The summed E-state index contributed by atoms with van der Waals surface area (Å²) in [5.41, 5.74) is 3.57. The Morgan fingerprint density at radius 1 is 1.07 bits per heavy atom. The molecular weight excluding hydrogens is 338 g/mol. The molecule has 0 aliphatic carbocycles. The van der Waals surface area contributed by atoms with E-state index in [1.807, 2.05) is 56.3 Å². The van der Waals surface area contributed by atoms with E-state index in [1.165, 1.54) is 0 Å². The Morgan fingerprint density at radius 2 is 1.81 bits per heavy atom. The van der Waals surface area contributed by atoms with Gasteiger partial charge in [-0.15, -0.1) is 0 Å². The fourth-order valence-corrected chi connectivity index (χ4v) is 3.04. The van der Waals surface area contributed by atoms with Crippen LogP contribution in [0.5, 0.6) is 0 Å². The lowest BCUT2D eigenvalue weighted by molar-refractivity contribution is 0.0775. The van der Waals surface area contributed by atoms with Gasteiger partial charge in [0, 0.05) is 23.9 Å². The first-order valence-corrected chi connectivity index (χ1v) is 9.22. The maximum absolute atomic E-state index is 12.7. The average Bonchev–Trinajstić information content (AvgIpc) is 3.05. The smallest absolute Gasteiger partial charge is 0.254 e. The number of hydrogen-bond acceptors (Lipinski definition) is 4.